The van der Waals surface area contributed by atoms with Crippen LogP contribution in [0.3, 0.4) is 0 Å². The van der Waals surface area contributed by atoms with Gasteiger partial charge in [0, 0.05) is 30.8 Å². The van der Waals surface area contributed by atoms with Crippen LogP contribution in [0.2, 0.25) is 0 Å². The normalized spacial score (nSPS) is 16.6. The van der Waals surface area contributed by atoms with Crippen LogP contribution in [-0.4, -0.2) is 29.9 Å². The van der Waals surface area contributed by atoms with Gasteiger partial charge in [0.15, 0.2) is 11.6 Å². The zero-order valence-corrected chi connectivity index (χ0v) is 13.6. The lowest BCUT2D eigenvalue weighted by molar-refractivity contribution is 0.0791. The van der Waals surface area contributed by atoms with Crippen LogP contribution in [0, 0.1) is 11.6 Å². The molecule has 0 spiro atoms. The van der Waals surface area contributed by atoms with Crippen LogP contribution >= 0.6 is 12.4 Å². The van der Waals surface area contributed by atoms with E-state index in [0.717, 1.165) is 18.6 Å². The van der Waals surface area contributed by atoms with Crippen LogP contribution in [0.25, 0.3) is 0 Å². The van der Waals surface area contributed by atoms with E-state index in [2.05, 4.69) is 0 Å². The van der Waals surface area contributed by atoms with E-state index >= 15 is 0 Å². The second-order valence-electron chi connectivity index (χ2n) is 5.50. The molecule has 0 radical (unpaired) electrons. The van der Waals surface area contributed by atoms with Gasteiger partial charge in [-0.1, -0.05) is 0 Å². The zero-order valence-electron chi connectivity index (χ0n) is 12.7. The SMILES string of the molecule is Cl.NC1CCN(C(=O)c2ccc(Oc3ccc(F)cc3F)cc2)C1. The maximum Gasteiger partial charge on any atom is 0.253 e. The molecule has 0 bridgehead atoms. The molecule has 7 heteroatoms. The molecule has 3 rings (SSSR count). The van der Waals surface area contributed by atoms with Gasteiger partial charge in [0.25, 0.3) is 5.91 Å². The highest BCUT2D eigenvalue weighted by Crippen LogP contribution is 2.25. The van der Waals surface area contributed by atoms with Crippen molar-refractivity contribution in [1.29, 1.82) is 0 Å². The van der Waals surface area contributed by atoms with Crippen molar-refractivity contribution < 1.29 is 18.3 Å². The first-order valence-electron chi connectivity index (χ1n) is 7.31. The lowest BCUT2D eigenvalue weighted by Crippen LogP contribution is -2.31. The van der Waals surface area contributed by atoms with Gasteiger partial charge in [0.1, 0.15) is 11.6 Å². The Balaban J connectivity index is 0.00000208. The lowest BCUT2D eigenvalue weighted by Gasteiger charge is -2.16. The first kappa shape index (κ1) is 18.2. The van der Waals surface area contributed by atoms with Gasteiger partial charge in [-0.05, 0) is 42.8 Å². The zero-order chi connectivity index (χ0) is 16.4. The second-order valence-corrected chi connectivity index (χ2v) is 5.50. The van der Waals surface area contributed by atoms with Gasteiger partial charge in [-0.2, -0.15) is 0 Å². The summed E-state index contributed by atoms with van der Waals surface area (Å²) in [7, 11) is 0. The molecule has 0 aliphatic carbocycles. The molecule has 1 heterocycles. The monoisotopic (exact) mass is 354 g/mol. The Morgan fingerprint density at radius 2 is 1.88 bits per heavy atom. The molecular formula is C17H17ClF2N2O2. The number of likely N-dealkylation sites (tertiary alicyclic amines) is 1. The van der Waals surface area contributed by atoms with Crippen molar-refractivity contribution in [3.63, 3.8) is 0 Å². The quantitative estimate of drug-likeness (QED) is 0.919. The summed E-state index contributed by atoms with van der Waals surface area (Å²) in [5.41, 5.74) is 6.32. The Bertz CT molecular complexity index is 725. The summed E-state index contributed by atoms with van der Waals surface area (Å²) in [6.45, 7) is 1.21. The maximum absolute atomic E-state index is 13.5. The number of benzene rings is 2. The second kappa shape index (κ2) is 7.59. The van der Waals surface area contributed by atoms with Crippen LogP contribution in [0.5, 0.6) is 11.5 Å². The molecule has 0 aromatic heterocycles. The van der Waals surface area contributed by atoms with Crippen LogP contribution in [0.4, 0.5) is 8.78 Å². The van der Waals surface area contributed by atoms with Gasteiger partial charge in [0.05, 0.1) is 0 Å². The summed E-state index contributed by atoms with van der Waals surface area (Å²) >= 11 is 0. The molecule has 4 nitrogen and oxygen atoms in total. The topological polar surface area (TPSA) is 55.6 Å². The van der Waals surface area contributed by atoms with Gasteiger partial charge in [-0.3, -0.25) is 4.79 Å². The van der Waals surface area contributed by atoms with E-state index in [9.17, 15) is 13.6 Å². The van der Waals surface area contributed by atoms with Gasteiger partial charge in [0.2, 0.25) is 0 Å². The van der Waals surface area contributed by atoms with E-state index in [-0.39, 0.29) is 30.1 Å². The molecule has 2 aromatic rings. The number of halogens is 3. The Morgan fingerprint density at radius 3 is 2.46 bits per heavy atom. The summed E-state index contributed by atoms with van der Waals surface area (Å²) in [4.78, 5) is 14.0. The molecule has 2 N–H and O–H groups in total. The maximum atomic E-state index is 13.5. The minimum atomic E-state index is -0.781. The van der Waals surface area contributed by atoms with Crippen molar-refractivity contribution in [1.82, 2.24) is 4.90 Å². The average molecular weight is 355 g/mol. The molecule has 1 saturated heterocycles. The number of ether oxygens (including phenoxy) is 1. The number of nitrogens with two attached hydrogens (primary N) is 1. The van der Waals surface area contributed by atoms with Gasteiger partial charge >= 0.3 is 0 Å². The highest BCUT2D eigenvalue weighted by molar-refractivity contribution is 5.94. The third-order valence-electron chi connectivity index (χ3n) is 3.73. The number of carbonyl (C=O) groups is 1. The highest BCUT2D eigenvalue weighted by atomic mass is 35.5. The third kappa shape index (κ3) is 4.01. The number of nitrogens with zero attached hydrogens (tertiary/aromatic N) is 1. The molecule has 0 saturated carbocycles. The number of hydrogen-bond donors (Lipinski definition) is 1. The molecule has 1 unspecified atom stereocenters. The summed E-state index contributed by atoms with van der Waals surface area (Å²) in [5, 5.41) is 0. The third-order valence-corrected chi connectivity index (χ3v) is 3.73. The van der Waals surface area contributed by atoms with Crippen molar-refractivity contribution in [3.8, 4) is 11.5 Å². The van der Waals surface area contributed by atoms with E-state index in [4.69, 9.17) is 10.5 Å². The van der Waals surface area contributed by atoms with Crippen molar-refractivity contribution in [2.24, 2.45) is 5.73 Å². The van der Waals surface area contributed by atoms with E-state index in [1.54, 1.807) is 29.2 Å². The molecule has 2 aromatic carbocycles. The van der Waals surface area contributed by atoms with E-state index < -0.39 is 11.6 Å². The fourth-order valence-corrected chi connectivity index (χ4v) is 2.50. The predicted molar refractivity (Wildman–Crippen MR) is 88.6 cm³/mol. The minimum Gasteiger partial charge on any atom is -0.454 e. The Morgan fingerprint density at radius 1 is 1.17 bits per heavy atom. The number of hydrogen-bond acceptors (Lipinski definition) is 3. The largest absolute Gasteiger partial charge is 0.454 e. The summed E-state index contributed by atoms with van der Waals surface area (Å²) in [6.07, 6.45) is 0.802. The molecule has 1 fully saturated rings. The summed E-state index contributed by atoms with van der Waals surface area (Å²) in [5.74, 6) is -1.24. The van der Waals surface area contributed by atoms with Crippen LogP contribution in [0.1, 0.15) is 16.8 Å². The van der Waals surface area contributed by atoms with E-state index in [1.165, 1.54) is 6.07 Å². The number of carbonyl (C=O) groups excluding carboxylic acids is 1. The fourth-order valence-electron chi connectivity index (χ4n) is 2.50. The molecular weight excluding hydrogens is 338 g/mol. The minimum absolute atomic E-state index is 0. The standard InChI is InChI=1S/C17H16F2N2O2.ClH/c18-12-3-6-16(15(19)9-12)23-14-4-1-11(2-5-14)17(22)21-8-7-13(20)10-21;/h1-6,9,13H,7-8,10,20H2;1H. The van der Waals surface area contributed by atoms with Crippen molar-refractivity contribution in [2.75, 3.05) is 13.1 Å². The molecule has 1 aliphatic rings. The van der Waals surface area contributed by atoms with E-state index in [1.807, 2.05) is 0 Å². The van der Waals surface area contributed by atoms with Crippen molar-refractivity contribution in [2.45, 2.75) is 12.5 Å². The molecule has 24 heavy (non-hydrogen) atoms. The summed E-state index contributed by atoms with van der Waals surface area (Å²) in [6, 6.07) is 9.50. The molecule has 1 aliphatic heterocycles. The molecule has 128 valence electrons. The summed E-state index contributed by atoms with van der Waals surface area (Å²) < 4.78 is 31.8. The Labute approximate surface area is 144 Å². The van der Waals surface area contributed by atoms with Crippen molar-refractivity contribution in [3.05, 3.63) is 59.7 Å². The van der Waals surface area contributed by atoms with Crippen molar-refractivity contribution >= 4 is 18.3 Å². The van der Waals surface area contributed by atoms with Gasteiger partial charge in [-0.15, -0.1) is 12.4 Å². The lowest BCUT2D eigenvalue weighted by atomic mass is 10.2. The number of rotatable bonds is 3. The highest BCUT2D eigenvalue weighted by Gasteiger charge is 2.24. The predicted octanol–water partition coefficient (Wildman–Crippen LogP) is 3.35. The average Bonchev–Trinajstić information content (AvgIpc) is 2.97. The first-order valence-corrected chi connectivity index (χ1v) is 7.31. The van der Waals surface area contributed by atoms with Crippen LogP contribution in [-0.2, 0) is 0 Å². The first-order chi connectivity index (χ1) is 11.0. The Hall–Kier alpha value is -2.18. The van der Waals surface area contributed by atoms with Gasteiger partial charge in [-0.25, -0.2) is 8.78 Å². The van der Waals surface area contributed by atoms with Crippen LogP contribution in [0.15, 0.2) is 42.5 Å². The van der Waals surface area contributed by atoms with E-state index in [0.29, 0.717) is 24.4 Å². The smallest absolute Gasteiger partial charge is 0.253 e. The van der Waals surface area contributed by atoms with Gasteiger partial charge < -0.3 is 15.4 Å². The molecule has 1 atom stereocenters. The van der Waals surface area contributed by atoms with Crippen LogP contribution < -0.4 is 10.5 Å². The number of amides is 1. The Kier molecular flexibility index (Phi) is 5.75. The fraction of sp³-hybridized carbons (Fsp3) is 0.235. The molecule has 1 amide bonds.